The maximum absolute atomic E-state index is 14.3. The number of β-amino-alcohol motifs (C(OH)–C–C–N with tert-alkyl or cyclic N) is 1. The highest BCUT2D eigenvalue weighted by Crippen LogP contribution is 2.48. The van der Waals surface area contributed by atoms with Crippen molar-refractivity contribution in [2.75, 3.05) is 50.0 Å². The largest absolute Gasteiger partial charge is 0.475 e. The number of amides is 2. The first-order valence-corrected chi connectivity index (χ1v) is 26.8. The first kappa shape index (κ1) is 51.5. The fourth-order valence-corrected chi connectivity index (χ4v) is 12.7. The minimum absolute atomic E-state index is 0.0130. The van der Waals surface area contributed by atoms with E-state index in [0.29, 0.717) is 52.0 Å². The SMILES string of the molecule is Cc1ncsc1-c1ccc([C@H](CO)NC(=O)[C@@H]2C[C@@H](O)CN2C(=O)[C@H](C(C)C)n2cc(OCCCC(C)N3CCCN(c4nccc(-c5noc([C@@]6(C)CCCc7sc(N)c(C#N)c76)n5)n4)[C@@H](C)C3)nn2)cc1. The number of hydrogen-bond donors (Lipinski definition) is 4. The molecular weight excluding hydrogens is 969 g/mol. The number of nitrogens with one attached hydrogen (secondary N) is 1. The van der Waals surface area contributed by atoms with E-state index in [2.05, 4.69) is 60.5 Å². The van der Waals surface area contributed by atoms with Gasteiger partial charge in [-0.1, -0.05) is 53.6 Å². The number of aryl methyl sites for hydroxylation is 2. The van der Waals surface area contributed by atoms with Crippen LogP contribution in [-0.2, 0) is 21.4 Å². The van der Waals surface area contributed by atoms with Gasteiger partial charge < -0.3 is 40.3 Å². The van der Waals surface area contributed by atoms with Gasteiger partial charge in [0.1, 0.15) is 28.8 Å². The molecule has 386 valence electrons. The Balaban J connectivity index is 0.766. The van der Waals surface area contributed by atoms with Crippen molar-refractivity contribution in [3.8, 4) is 33.9 Å². The van der Waals surface area contributed by atoms with Gasteiger partial charge in [-0.25, -0.2) is 19.6 Å². The number of nitrogens with zero attached hydrogens (tertiary/aromatic N) is 12. The van der Waals surface area contributed by atoms with Gasteiger partial charge in [-0.3, -0.25) is 14.5 Å². The maximum Gasteiger partial charge on any atom is 0.253 e. The second kappa shape index (κ2) is 22.0. The van der Waals surface area contributed by atoms with Crippen LogP contribution in [0.2, 0.25) is 0 Å². The molecule has 2 amide bonds. The number of aliphatic hydroxyl groups excluding tert-OH is 2. The molecule has 20 nitrogen and oxygen atoms in total. The Hall–Kier alpha value is -6.38. The van der Waals surface area contributed by atoms with Gasteiger partial charge in [-0.2, -0.15) is 10.2 Å². The van der Waals surface area contributed by atoms with Crippen molar-refractivity contribution in [2.24, 2.45) is 5.92 Å². The summed E-state index contributed by atoms with van der Waals surface area (Å²) in [5.74, 6) is 0.661. The molecule has 0 spiro atoms. The van der Waals surface area contributed by atoms with E-state index in [1.54, 1.807) is 35.3 Å². The van der Waals surface area contributed by atoms with Crippen molar-refractivity contribution in [3.05, 3.63) is 81.4 Å². The number of aromatic nitrogens is 8. The minimum atomic E-state index is -0.946. The van der Waals surface area contributed by atoms with Crippen LogP contribution in [0, 0.1) is 24.2 Å². The van der Waals surface area contributed by atoms with Gasteiger partial charge >= 0.3 is 0 Å². The molecule has 9 rings (SSSR count). The molecule has 0 radical (unpaired) electrons. The Morgan fingerprint density at radius 2 is 1.92 bits per heavy atom. The van der Waals surface area contributed by atoms with E-state index in [1.165, 1.54) is 20.9 Å². The number of rotatable bonds is 17. The van der Waals surface area contributed by atoms with Gasteiger partial charge in [0, 0.05) is 61.3 Å². The monoisotopic (exact) mass is 1030 g/mol. The third-order valence-corrected chi connectivity index (χ3v) is 16.7. The van der Waals surface area contributed by atoms with Crippen molar-refractivity contribution < 1.29 is 29.1 Å². The summed E-state index contributed by atoms with van der Waals surface area (Å²) in [6, 6.07) is 9.61. The van der Waals surface area contributed by atoms with E-state index in [1.807, 2.05) is 52.0 Å². The van der Waals surface area contributed by atoms with Crippen LogP contribution < -0.4 is 20.7 Å². The van der Waals surface area contributed by atoms with E-state index in [0.717, 1.165) is 84.7 Å². The Kier molecular flexibility index (Phi) is 15.5. The topological polar surface area (TPSA) is 264 Å². The highest BCUT2D eigenvalue weighted by Gasteiger charge is 2.45. The Morgan fingerprint density at radius 3 is 2.66 bits per heavy atom. The van der Waals surface area contributed by atoms with Gasteiger partial charge in [0.2, 0.25) is 29.5 Å². The number of carbonyl (C=O) groups excluding carboxylic acids is 2. The summed E-state index contributed by atoms with van der Waals surface area (Å²) < 4.78 is 13.5. The fraction of sp³-hybridized carbons (Fsp3) is 0.529. The lowest BCUT2D eigenvalue weighted by atomic mass is 9.72. The Labute approximate surface area is 432 Å². The smallest absolute Gasteiger partial charge is 0.253 e. The number of ether oxygens (including phenoxy) is 1. The van der Waals surface area contributed by atoms with E-state index >= 15 is 0 Å². The second-order valence-electron chi connectivity index (χ2n) is 20.1. The standard InChI is InChI=1S/C51H64N14O6S2/c1-29(2)43(48(69)64-25-35(67)22-39(64)47(68)56-38(27-66)33-12-14-34(15-13-33)44-32(5)55-28-72-44)65-26-41(59-61-65)70-21-8-10-30(3)62-19-9-20-63(31(4)24-62)50-54-18-16-37(57-50)46-58-49(71-60-46)51(6)17-7-11-40-42(51)36(23-52)45(53)73-40/h12-16,18,26,28-31,35,38-39,43,66-67H,7-11,17,19-22,24-25,27,53H2,1-6H3,(H,56,68)/t30?,31-,35+,38-,39-,43-,51-/m0/s1. The zero-order chi connectivity index (χ0) is 51.6. The molecule has 7 heterocycles. The van der Waals surface area contributed by atoms with Crippen molar-refractivity contribution in [2.45, 2.75) is 128 Å². The summed E-state index contributed by atoms with van der Waals surface area (Å²) in [7, 11) is 0. The number of carbonyl (C=O) groups is 2. The van der Waals surface area contributed by atoms with Crippen molar-refractivity contribution in [1.82, 2.24) is 55.2 Å². The van der Waals surface area contributed by atoms with E-state index in [-0.39, 0.29) is 43.5 Å². The number of likely N-dealkylation sites (tertiary alicyclic amines) is 1. The maximum atomic E-state index is 14.3. The van der Waals surface area contributed by atoms with Crippen LogP contribution in [0.3, 0.4) is 0 Å². The summed E-state index contributed by atoms with van der Waals surface area (Å²) >= 11 is 3.02. The predicted molar refractivity (Wildman–Crippen MR) is 276 cm³/mol. The number of nitrogen functional groups attached to an aromatic ring is 1. The predicted octanol–water partition coefficient (Wildman–Crippen LogP) is 5.86. The highest BCUT2D eigenvalue weighted by atomic mass is 32.1. The summed E-state index contributed by atoms with van der Waals surface area (Å²) in [6.45, 7) is 14.8. The summed E-state index contributed by atoms with van der Waals surface area (Å²) in [4.78, 5) is 55.2. The molecular formula is C51H64N14O6S2. The number of aliphatic hydroxyl groups is 2. The number of nitriles is 1. The third kappa shape index (κ3) is 10.7. The molecule has 73 heavy (non-hydrogen) atoms. The zero-order valence-corrected chi connectivity index (χ0v) is 43.8. The normalized spacial score (nSPS) is 21.6. The first-order valence-electron chi connectivity index (χ1n) is 25.1. The lowest BCUT2D eigenvalue weighted by Gasteiger charge is -2.32. The molecule has 2 aliphatic heterocycles. The molecule has 2 fully saturated rings. The van der Waals surface area contributed by atoms with Gasteiger partial charge in [0.25, 0.3) is 5.88 Å². The molecule has 1 aromatic carbocycles. The third-order valence-electron chi connectivity index (χ3n) is 14.6. The molecule has 0 saturated carbocycles. The lowest BCUT2D eigenvalue weighted by Crippen LogP contribution is -2.50. The minimum Gasteiger partial charge on any atom is -0.475 e. The quantitative estimate of drug-likeness (QED) is 0.0779. The average molecular weight is 1030 g/mol. The zero-order valence-electron chi connectivity index (χ0n) is 42.1. The summed E-state index contributed by atoms with van der Waals surface area (Å²) in [5.41, 5.74) is 12.0. The van der Waals surface area contributed by atoms with Crippen LogP contribution >= 0.6 is 22.7 Å². The molecule has 22 heteroatoms. The van der Waals surface area contributed by atoms with Crippen molar-refractivity contribution in [1.29, 1.82) is 5.26 Å². The average Bonchev–Trinajstić information content (AvgIpc) is 4.24. The van der Waals surface area contributed by atoms with Gasteiger partial charge in [0.15, 0.2) is 0 Å². The number of fused-ring (bicyclic) bond motifs is 1. The molecule has 3 aliphatic rings. The molecule has 1 unspecified atom stereocenters. The summed E-state index contributed by atoms with van der Waals surface area (Å²) in [6.07, 6.45) is 7.64. The number of benzene rings is 1. The van der Waals surface area contributed by atoms with Crippen LogP contribution in [0.25, 0.3) is 22.0 Å². The molecule has 6 aromatic rings. The van der Waals surface area contributed by atoms with E-state index < -0.39 is 35.6 Å². The van der Waals surface area contributed by atoms with Crippen molar-refractivity contribution in [3.63, 3.8) is 0 Å². The van der Waals surface area contributed by atoms with Gasteiger partial charge in [0.05, 0.1) is 58.6 Å². The number of anilines is 2. The number of thiophene rings is 1. The molecule has 7 atom stereocenters. The van der Waals surface area contributed by atoms with Crippen LogP contribution in [0.1, 0.15) is 118 Å². The van der Waals surface area contributed by atoms with Crippen molar-refractivity contribution >= 4 is 45.4 Å². The molecule has 0 bridgehead atoms. The number of hydrogen-bond acceptors (Lipinski definition) is 19. The number of nitrogens with two attached hydrogens (primary N) is 1. The molecule has 2 saturated heterocycles. The van der Waals surface area contributed by atoms with Crippen LogP contribution in [0.4, 0.5) is 10.9 Å². The summed E-state index contributed by atoms with van der Waals surface area (Å²) in [5, 5.41) is 47.4. The molecule has 5 aromatic heterocycles. The lowest BCUT2D eigenvalue weighted by molar-refractivity contribution is -0.142. The molecule has 1 aliphatic carbocycles. The van der Waals surface area contributed by atoms with Gasteiger partial charge in [-0.15, -0.1) is 22.7 Å². The fourth-order valence-electron chi connectivity index (χ4n) is 10.7. The van der Waals surface area contributed by atoms with Crippen LogP contribution in [0.5, 0.6) is 5.88 Å². The van der Waals surface area contributed by atoms with Crippen LogP contribution in [0.15, 0.2) is 52.8 Å². The number of thiazole rings is 1. The van der Waals surface area contributed by atoms with E-state index in [9.17, 15) is 25.1 Å². The Bertz CT molecular complexity index is 2930. The molecule has 5 N–H and O–H groups in total. The van der Waals surface area contributed by atoms with E-state index in [4.69, 9.17) is 25.0 Å². The second-order valence-corrected chi connectivity index (χ2v) is 22.1. The highest BCUT2D eigenvalue weighted by molar-refractivity contribution is 7.16. The van der Waals surface area contributed by atoms with Gasteiger partial charge in [-0.05, 0) is 89.3 Å². The Morgan fingerprint density at radius 1 is 1.11 bits per heavy atom. The van der Waals surface area contributed by atoms with Crippen LogP contribution in [-0.4, -0.2) is 136 Å². The first-order chi connectivity index (χ1) is 35.2.